The van der Waals surface area contributed by atoms with E-state index in [1.54, 1.807) is 30.3 Å². The average molecular weight is 380 g/mol. The monoisotopic (exact) mass is 380 g/mol. The van der Waals surface area contributed by atoms with Gasteiger partial charge in [-0.1, -0.05) is 18.2 Å². The van der Waals surface area contributed by atoms with Crippen LogP contribution in [0.3, 0.4) is 0 Å². The molecule has 2 aliphatic heterocycles. The van der Waals surface area contributed by atoms with E-state index in [0.717, 1.165) is 12.8 Å². The van der Waals surface area contributed by atoms with Gasteiger partial charge in [0.25, 0.3) is 0 Å². The van der Waals surface area contributed by atoms with Gasteiger partial charge >= 0.3 is 5.97 Å². The highest BCUT2D eigenvalue weighted by Gasteiger charge is 2.39. The molecule has 2 atom stereocenters. The Bertz CT molecular complexity index is 765. The van der Waals surface area contributed by atoms with Crippen molar-refractivity contribution in [1.29, 1.82) is 0 Å². The van der Waals surface area contributed by atoms with Crippen LogP contribution in [0, 0.1) is 5.92 Å². The summed E-state index contributed by atoms with van der Waals surface area (Å²) in [6.45, 7) is 0.917. The number of hydrogen-bond acceptors (Lipinski definition) is 4. The largest absolute Gasteiger partial charge is 0.480 e. The van der Waals surface area contributed by atoms with Crippen molar-refractivity contribution in [1.82, 2.24) is 9.21 Å². The Morgan fingerprint density at radius 1 is 1.00 bits per heavy atom. The molecule has 142 valence electrons. The van der Waals surface area contributed by atoms with Gasteiger partial charge in [-0.25, -0.2) is 13.2 Å². The van der Waals surface area contributed by atoms with Crippen molar-refractivity contribution in [3.8, 4) is 0 Å². The SMILES string of the molecule is O=C(O)C1CCCCN1C(=O)C1CCCN(S(=O)(=O)c2ccccc2)C1. The van der Waals surface area contributed by atoms with Gasteiger partial charge in [0.15, 0.2) is 0 Å². The number of carboxylic acid groups (broad SMARTS) is 1. The van der Waals surface area contributed by atoms with Gasteiger partial charge in [-0.2, -0.15) is 4.31 Å². The molecule has 0 aromatic heterocycles. The van der Waals surface area contributed by atoms with Gasteiger partial charge in [0.1, 0.15) is 6.04 Å². The molecule has 2 unspecified atom stereocenters. The molecule has 26 heavy (non-hydrogen) atoms. The normalized spacial score (nSPS) is 25.0. The zero-order valence-corrected chi connectivity index (χ0v) is 15.4. The molecule has 8 heteroatoms. The van der Waals surface area contributed by atoms with Crippen LogP contribution in [-0.2, 0) is 19.6 Å². The Morgan fingerprint density at radius 3 is 2.42 bits per heavy atom. The van der Waals surface area contributed by atoms with Crippen LogP contribution in [-0.4, -0.2) is 60.3 Å². The lowest BCUT2D eigenvalue weighted by atomic mass is 9.94. The number of hydrogen-bond donors (Lipinski definition) is 1. The standard InChI is InChI=1S/C18H24N2O5S/c21-17(20-12-5-4-10-16(20)18(22)23)14-7-6-11-19(13-14)26(24,25)15-8-2-1-3-9-15/h1-3,8-9,14,16H,4-7,10-13H2,(H,22,23). The summed E-state index contributed by atoms with van der Waals surface area (Å²) in [6.07, 6.45) is 3.21. The third-order valence-corrected chi connectivity index (χ3v) is 7.06. The molecule has 2 heterocycles. The maximum atomic E-state index is 12.9. The highest BCUT2D eigenvalue weighted by molar-refractivity contribution is 7.89. The van der Waals surface area contributed by atoms with Gasteiger partial charge in [0.05, 0.1) is 10.8 Å². The van der Waals surface area contributed by atoms with E-state index in [-0.39, 0.29) is 17.3 Å². The predicted molar refractivity (Wildman–Crippen MR) is 94.9 cm³/mol. The maximum absolute atomic E-state index is 12.9. The van der Waals surface area contributed by atoms with E-state index < -0.39 is 28.0 Å². The van der Waals surface area contributed by atoms with Crippen LogP contribution in [0.1, 0.15) is 32.1 Å². The summed E-state index contributed by atoms with van der Waals surface area (Å²) in [6, 6.07) is 7.40. The molecular weight excluding hydrogens is 356 g/mol. The molecule has 1 aromatic rings. The van der Waals surface area contributed by atoms with Crippen LogP contribution < -0.4 is 0 Å². The van der Waals surface area contributed by atoms with Crippen molar-refractivity contribution in [2.24, 2.45) is 5.92 Å². The number of likely N-dealkylation sites (tertiary alicyclic amines) is 1. The van der Waals surface area contributed by atoms with E-state index in [2.05, 4.69) is 0 Å². The minimum Gasteiger partial charge on any atom is -0.480 e. The van der Waals surface area contributed by atoms with Gasteiger partial charge in [-0.15, -0.1) is 0 Å². The minimum absolute atomic E-state index is 0.110. The van der Waals surface area contributed by atoms with Crippen LogP contribution in [0.2, 0.25) is 0 Å². The number of piperidine rings is 2. The van der Waals surface area contributed by atoms with E-state index in [1.807, 2.05) is 0 Å². The van der Waals surface area contributed by atoms with Crippen molar-refractivity contribution in [3.05, 3.63) is 30.3 Å². The van der Waals surface area contributed by atoms with E-state index >= 15 is 0 Å². The number of amides is 1. The second-order valence-electron chi connectivity index (χ2n) is 6.90. The summed E-state index contributed by atoms with van der Waals surface area (Å²) in [5.74, 6) is -1.70. The van der Waals surface area contributed by atoms with Crippen LogP contribution in [0.25, 0.3) is 0 Å². The lowest BCUT2D eigenvalue weighted by molar-refractivity contribution is -0.154. The Hall–Kier alpha value is -1.93. The third kappa shape index (κ3) is 3.76. The topological polar surface area (TPSA) is 95.0 Å². The van der Waals surface area contributed by atoms with Gasteiger partial charge < -0.3 is 10.0 Å². The summed E-state index contributed by atoms with van der Waals surface area (Å²) < 4.78 is 27.0. The molecule has 0 radical (unpaired) electrons. The lowest BCUT2D eigenvalue weighted by Crippen LogP contribution is -2.53. The molecular formula is C18H24N2O5S. The Labute approximate surface area is 153 Å². The summed E-state index contributed by atoms with van der Waals surface area (Å²) in [7, 11) is -3.64. The molecule has 7 nitrogen and oxygen atoms in total. The van der Waals surface area contributed by atoms with E-state index in [9.17, 15) is 23.1 Å². The van der Waals surface area contributed by atoms with Crippen LogP contribution in [0.5, 0.6) is 0 Å². The molecule has 0 saturated carbocycles. The van der Waals surface area contributed by atoms with E-state index in [0.29, 0.717) is 32.4 Å². The Morgan fingerprint density at radius 2 is 1.73 bits per heavy atom. The number of carbonyl (C=O) groups is 2. The second-order valence-corrected chi connectivity index (χ2v) is 8.83. The van der Waals surface area contributed by atoms with Gasteiger partial charge in [-0.05, 0) is 44.2 Å². The molecule has 3 rings (SSSR count). The van der Waals surface area contributed by atoms with E-state index in [4.69, 9.17) is 0 Å². The molecule has 1 N–H and O–H groups in total. The Balaban J connectivity index is 1.76. The van der Waals surface area contributed by atoms with Crippen LogP contribution in [0.4, 0.5) is 0 Å². The maximum Gasteiger partial charge on any atom is 0.326 e. The quantitative estimate of drug-likeness (QED) is 0.855. The van der Waals surface area contributed by atoms with Crippen molar-refractivity contribution in [3.63, 3.8) is 0 Å². The predicted octanol–water partition coefficient (Wildman–Crippen LogP) is 1.55. The molecule has 1 amide bonds. The van der Waals surface area contributed by atoms with Crippen LogP contribution >= 0.6 is 0 Å². The smallest absolute Gasteiger partial charge is 0.326 e. The zero-order chi connectivity index (χ0) is 18.7. The number of nitrogens with zero attached hydrogens (tertiary/aromatic N) is 2. The van der Waals surface area contributed by atoms with Crippen molar-refractivity contribution in [2.75, 3.05) is 19.6 Å². The lowest BCUT2D eigenvalue weighted by Gasteiger charge is -2.38. The van der Waals surface area contributed by atoms with Gasteiger partial charge in [0, 0.05) is 19.6 Å². The summed E-state index contributed by atoms with van der Waals surface area (Å²) in [5, 5.41) is 9.39. The first-order valence-electron chi connectivity index (χ1n) is 9.00. The fourth-order valence-corrected chi connectivity index (χ4v) is 5.34. The second kappa shape index (κ2) is 7.75. The summed E-state index contributed by atoms with van der Waals surface area (Å²) >= 11 is 0. The average Bonchev–Trinajstić information content (AvgIpc) is 2.68. The van der Waals surface area contributed by atoms with Crippen molar-refractivity contribution >= 4 is 21.9 Å². The fraction of sp³-hybridized carbons (Fsp3) is 0.556. The van der Waals surface area contributed by atoms with Crippen molar-refractivity contribution in [2.45, 2.75) is 43.0 Å². The van der Waals surface area contributed by atoms with Gasteiger partial charge in [-0.3, -0.25) is 4.79 Å². The molecule has 2 saturated heterocycles. The Kier molecular flexibility index (Phi) is 5.62. The number of sulfonamides is 1. The number of rotatable bonds is 4. The van der Waals surface area contributed by atoms with Crippen molar-refractivity contribution < 1.29 is 23.1 Å². The number of aliphatic carboxylic acids is 1. The minimum atomic E-state index is -3.64. The third-order valence-electron chi connectivity index (χ3n) is 5.19. The molecule has 2 fully saturated rings. The highest BCUT2D eigenvalue weighted by atomic mass is 32.2. The van der Waals surface area contributed by atoms with Gasteiger partial charge in [0.2, 0.25) is 15.9 Å². The summed E-state index contributed by atoms with van der Waals surface area (Å²) in [5.41, 5.74) is 0. The summed E-state index contributed by atoms with van der Waals surface area (Å²) in [4.78, 5) is 26.0. The van der Waals surface area contributed by atoms with E-state index in [1.165, 1.54) is 9.21 Å². The van der Waals surface area contributed by atoms with Crippen LogP contribution in [0.15, 0.2) is 35.2 Å². The molecule has 2 aliphatic rings. The fourth-order valence-electron chi connectivity index (χ4n) is 3.79. The first kappa shape index (κ1) is 18.8. The molecule has 0 bridgehead atoms. The first-order valence-corrected chi connectivity index (χ1v) is 10.4. The highest BCUT2D eigenvalue weighted by Crippen LogP contribution is 2.27. The molecule has 0 aliphatic carbocycles. The molecule has 1 aromatic carbocycles. The first-order chi connectivity index (χ1) is 12.4. The number of benzene rings is 1. The number of carboxylic acids is 1. The molecule has 0 spiro atoms. The number of carbonyl (C=O) groups excluding carboxylic acids is 1. The zero-order valence-electron chi connectivity index (χ0n) is 14.6.